The van der Waals surface area contributed by atoms with E-state index < -0.39 is 17.5 Å². The molecule has 1 amide bonds. The molecular weight excluding hydrogens is 261 g/mol. The van der Waals surface area contributed by atoms with E-state index in [1.807, 2.05) is 0 Å². The van der Waals surface area contributed by atoms with Crippen molar-refractivity contribution in [1.82, 2.24) is 5.32 Å². The van der Waals surface area contributed by atoms with Gasteiger partial charge in [-0.2, -0.15) is 0 Å². The molecule has 20 heavy (non-hydrogen) atoms. The number of benzene rings is 1. The van der Waals surface area contributed by atoms with Gasteiger partial charge in [-0.3, -0.25) is 0 Å². The second-order valence-electron chi connectivity index (χ2n) is 5.13. The summed E-state index contributed by atoms with van der Waals surface area (Å²) in [6, 6.07) is 4.19. The average molecular weight is 279 g/mol. The van der Waals surface area contributed by atoms with E-state index in [1.54, 1.807) is 20.8 Å². The first-order valence-electron chi connectivity index (χ1n) is 6.19. The third kappa shape index (κ3) is 5.57. The van der Waals surface area contributed by atoms with Crippen molar-refractivity contribution in [3.8, 4) is 0 Å². The van der Waals surface area contributed by atoms with Gasteiger partial charge in [0.05, 0.1) is 12.3 Å². The molecule has 5 nitrogen and oxygen atoms in total. The summed E-state index contributed by atoms with van der Waals surface area (Å²) >= 11 is 0. The van der Waals surface area contributed by atoms with E-state index in [9.17, 15) is 9.18 Å². The number of amides is 1. The zero-order valence-electron chi connectivity index (χ0n) is 11.8. The number of carbonyl (C=O) groups is 1. The summed E-state index contributed by atoms with van der Waals surface area (Å²) in [6.45, 7) is 12.8. The van der Waals surface area contributed by atoms with Gasteiger partial charge in [0.15, 0.2) is 5.69 Å². The number of hydrogen-bond donors (Lipinski definition) is 2. The molecule has 1 aromatic carbocycles. The molecular formula is C14H18FN3O2. The fraction of sp³-hybridized carbons (Fsp3) is 0.429. The predicted octanol–water partition coefficient (Wildman–Crippen LogP) is 3.31. The Bertz CT molecular complexity index is 518. The zero-order chi connectivity index (χ0) is 15.2. The van der Waals surface area contributed by atoms with Crippen LogP contribution in [0.1, 0.15) is 20.8 Å². The van der Waals surface area contributed by atoms with Gasteiger partial charge in [0.25, 0.3) is 0 Å². The lowest BCUT2D eigenvalue weighted by Crippen LogP contribution is -2.35. The van der Waals surface area contributed by atoms with Crippen LogP contribution in [0.5, 0.6) is 0 Å². The second-order valence-corrected chi connectivity index (χ2v) is 5.13. The van der Waals surface area contributed by atoms with Gasteiger partial charge in [0.2, 0.25) is 0 Å². The van der Waals surface area contributed by atoms with Crippen molar-refractivity contribution in [1.29, 1.82) is 0 Å². The normalized spacial score (nSPS) is 10.6. The highest BCUT2D eigenvalue weighted by molar-refractivity contribution is 5.67. The molecule has 0 unspecified atom stereocenters. The molecule has 0 radical (unpaired) electrons. The number of anilines is 1. The van der Waals surface area contributed by atoms with E-state index >= 15 is 0 Å². The Morgan fingerprint density at radius 1 is 1.40 bits per heavy atom. The van der Waals surface area contributed by atoms with Crippen molar-refractivity contribution in [2.24, 2.45) is 0 Å². The Labute approximate surface area is 117 Å². The molecule has 0 heterocycles. The van der Waals surface area contributed by atoms with Crippen molar-refractivity contribution in [2.75, 3.05) is 18.4 Å². The number of alkyl carbamates (subject to hydrolysis) is 1. The maximum absolute atomic E-state index is 13.5. The van der Waals surface area contributed by atoms with Crippen LogP contribution in [0.4, 0.5) is 20.6 Å². The monoisotopic (exact) mass is 279 g/mol. The Balaban J connectivity index is 2.35. The molecule has 0 fully saturated rings. The van der Waals surface area contributed by atoms with Crippen molar-refractivity contribution in [2.45, 2.75) is 26.4 Å². The first-order valence-corrected chi connectivity index (χ1v) is 6.19. The lowest BCUT2D eigenvalue weighted by Gasteiger charge is -2.19. The van der Waals surface area contributed by atoms with Gasteiger partial charge in [-0.15, -0.1) is 0 Å². The average Bonchev–Trinajstić information content (AvgIpc) is 2.33. The minimum Gasteiger partial charge on any atom is -0.444 e. The minimum absolute atomic E-state index is 0.250. The summed E-state index contributed by atoms with van der Waals surface area (Å²) < 4.78 is 18.6. The summed E-state index contributed by atoms with van der Waals surface area (Å²) in [5, 5.41) is 5.39. The number of ether oxygens (including phenoxy) is 1. The Kier molecular flexibility index (Phi) is 5.32. The fourth-order valence-electron chi connectivity index (χ4n) is 1.39. The Hall–Kier alpha value is -2.29. The predicted molar refractivity (Wildman–Crippen MR) is 75.4 cm³/mol. The van der Waals surface area contributed by atoms with Crippen LogP contribution in [0.25, 0.3) is 4.85 Å². The molecule has 0 aliphatic rings. The second kappa shape index (κ2) is 6.75. The molecule has 1 rings (SSSR count). The van der Waals surface area contributed by atoms with Crippen LogP contribution in [-0.4, -0.2) is 24.8 Å². The Morgan fingerprint density at radius 3 is 2.65 bits per heavy atom. The van der Waals surface area contributed by atoms with E-state index in [-0.39, 0.29) is 5.69 Å². The van der Waals surface area contributed by atoms with E-state index in [2.05, 4.69) is 15.5 Å². The molecule has 0 saturated heterocycles. The van der Waals surface area contributed by atoms with Gasteiger partial charge in [-0.05, 0) is 32.9 Å². The highest BCUT2D eigenvalue weighted by Gasteiger charge is 2.15. The van der Waals surface area contributed by atoms with E-state index in [0.717, 1.165) is 6.07 Å². The van der Waals surface area contributed by atoms with Gasteiger partial charge >= 0.3 is 6.09 Å². The van der Waals surface area contributed by atoms with Crippen LogP contribution in [-0.2, 0) is 4.74 Å². The summed E-state index contributed by atoms with van der Waals surface area (Å²) in [7, 11) is 0. The van der Waals surface area contributed by atoms with Crippen molar-refractivity contribution in [3.63, 3.8) is 0 Å². The van der Waals surface area contributed by atoms with E-state index in [1.165, 1.54) is 12.1 Å². The largest absolute Gasteiger partial charge is 0.444 e. The first kappa shape index (κ1) is 15.8. The lowest BCUT2D eigenvalue weighted by atomic mass is 10.2. The molecule has 0 atom stereocenters. The SMILES string of the molecule is [C-]#[N+]c1ccc(NCCNC(=O)OC(C)(C)C)c(F)c1. The molecule has 1 aromatic rings. The Morgan fingerprint density at radius 2 is 2.10 bits per heavy atom. The molecule has 0 bridgehead atoms. The third-order valence-electron chi connectivity index (χ3n) is 2.19. The summed E-state index contributed by atoms with van der Waals surface area (Å²) in [5.74, 6) is -0.490. The fourth-order valence-corrected chi connectivity index (χ4v) is 1.39. The smallest absolute Gasteiger partial charge is 0.407 e. The van der Waals surface area contributed by atoms with Crippen molar-refractivity contribution < 1.29 is 13.9 Å². The molecule has 0 aromatic heterocycles. The third-order valence-corrected chi connectivity index (χ3v) is 2.19. The zero-order valence-corrected chi connectivity index (χ0v) is 11.8. The maximum Gasteiger partial charge on any atom is 0.407 e. The van der Waals surface area contributed by atoms with Crippen LogP contribution in [0.2, 0.25) is 0 Å². The van der Waals surface area contributed by atoms with Gasteiger partial charge in [-0.25, -0.2) is 14.0 Å². The van der Waals surface area contributed by atoms with Crippen LogP contribution in [0.3, 0.4) is 0 Å². The van der Waals surface area contributed by atoms with E-state index in [4.69, 9.17) is 11.3 Å². The quantitative estimate of drug-likeness (QED) is 0.656. The summed E-state index contributed by atoms with van der Waals surface area (Å²) in [4.78, 5) is 14.5. The topological polar surface area (TPSA) is 54.7 Å². The highest BCUT2D eigenvalue weighted by Crippen LogP contribution is 2.20. The highest BCUT2D eigenvalue weighted by atomic mass is 19.1. The maximum atomic E-state index is 13.5. The van der Waals surface area contributed by atoms with Crippen LogP contribution < -0.4 is 10.6 Å². The number of rotatable bonds is 4. The molecule has 2 N–H and O–H groups in total. The molecule has 6 heteroatoms. The molecule has 0 spiro atoms. The van der Waals surface area contributed by atoms with Crippen LogP contribution in [0.15, 0.2) is 18.2 Å². The number of hydrogen-bond acceptors (Lipinski definition) is 3. The molecule has 0 aliphatic carbocycles. The first-order chi connectivity index (χ1) is 9.31. The summed E-state index contributed by atoms with van der Waals surface area (Å²) in [5.41, 5.74) is 0.00229. The summed E-state index contributed by atoms with van der Waals surface area (Å²) in [6.07, 6.45) is -0.511. The minimum atomic E-state index is -0.542. The molecule has 0 saturated carbocycles. The van der Waals surface area contributed by atoms with Crippen molar-refractivity contribution >= 4 is 17.5 Å². The number of nitrogens with zero attached hydrogens (tertiary/aromatic N) is 1. The molecule has 108 valence electrons. The van der Waals surface area contributed by atoms with E-state index in [0.29, 0.717) is 18.8 Å². The number of halogens is 1. The van der Waals surface area contributed by atoms with Gasteiger partial charge in [0.1, 0.15) is 11.4 Å². The van der Waals surface area contributed by atoms with Gasteiger partial charge in [-0.1, -0.05) is 6.07 Å². The van der Waals surface area contributed by atoms with Crippen LogP contribution >= 0.6 is 0 Å². The number of nitrogens with one attached hydrogen (secondary N) is 2. The number of carbonyl (C=O) groups excluding carboxylic acids is 1. The van der Waals surface area contributed by atoms with Gasteiger partial charge < -0.3 is 15.4 Å². The van der Waals surface area contributed by atoms with Crippen molar-refractivity contribution in [3.05, 3.63) is 35.4 Å². The lowest BCUT2D eigenvalue weighted by molar-refractivity contribution is 0.0530. The van der Waals surface area contributed by atoms with Crippen LogP contribution in [0, 0.1) is 12.4 Å². The standard InChI is InChI=1S/C14H18FN3O2/c1-14(2,3)20-13(19)18-8-7-17-12-6-5-10(16-4)9-11(12)15/h5-6,9,17H,7-8H2,1-3H3,(H,18,19). The van der Waals surface area contributed by atoms with Gasteiger partial charge in [0, 0.05) is 13.1 Å². The molecule has 0 aliphatic heterocycles.